The normalized spacial score (nSPS) is 31.6. The Balaban J connectivity index is 3.07. The van der Waals surface area contributed by atoms with Crippen molar-refractivity contribution in [2.75, 3.05) is 0 Å². The molecule has 1 aliphatic carbocycles. The highest BCUT2D eigenvalue weighted by atomic mass is 32.2. The number of sulfone groups is 1. The molecule has 3 atom stereocenters. The molecule has 0 aromatic rings. The first-order valence-electron chi connectivity index (χ1n) is 5.50. The second-order valence-corrected chi connectivity index (χ2v) is 6.87. The Morgan fingerprint density at radius 2 is 2.06 bits per heavy atom. The SMILES string of the molecule is CCCC(C)S(=O)(=O)C1(N)C=CC=CC1N. The molecule has 16 heavy (non-hydrogen) atoms. The van der Waals surface area contributed by atoms with Gasteiger partial charge >= 0.3 is 0 Å². The molecule has 0 aromatic heterocycles. The molecule has 0 saturated heterocycles. The maximum atomic E-state index is 12.3. The Kier molecular flexibility index (Phi) is 3.93. The van der Waals surface area contributed by atoms with Crippen molar-refractivity contribution in [2.45, 2.75) is 42.9 Å². The minimum Gasteiger partial charge on any atom is -0.322 e. The molecule has 4 N–H and O–H groups in total. The Morgan fingerprint density at radius 1 is 1.44 bits per heavy atom. The van der Waals surface area contributed by atoms with E-state index < -0.39 is 26.0 Å². The zero-order valence-corrected chi connectivity index (χ0v) is 10.6. The lowest BCUT2D eigenvalue weighted by Gasteiger charge is -2.34. The highest BCUT2D eigenvalue weighted by Crippen LogP contribution is 2.26. The van der Waals surface area contributed by atoms with Crippen LogP contribution in [0.3, 0.4) is 0 Å². The largest absolute Gasteiger partial charge is 0.322 e. The molecule has 0 heterocycles. The molecule has 0 saturated carbocycles. The van der Waals surface area contributed by atoms with E-state index in [1.807, 2.05) is 6.92 Å². The van der Waals surface area contributed by atoms with Crippen molar-refractivity contribution in [2.24, 2.45) is 11.5 Å². The summed E-state index contributed by atoms with van der Waals surface area (Å²) in [6.45, 7) is 3.64. The van der Waals surface area contributed by atoms with Crippen LogP contribution in [0.4, 0.5) is 0 Å². The molecule has 0 aliphatic heterocycles. The first-order valence-corrected chi connectivity index (χ1v) is 7.04. The van der Waals surface area contributed by atoms with E-state index in [1.54, 1.807) is 25.2 Å². The summed E-state index contributed by atoms with van der Waals surface area (Å²) in [4.78, 5) is -1.46. The standard InChI is InChI=1S/C11H20N2O2S/c1-3-6-9(2)16(14,15)11(13)8-5-4-7-10(11)12/h4-5,7-10H,3,6,12-13H2,1-2H3. The number of hydrogen-bond donors (Lipinski definition) is 2. The van der Waals surface area contributed by atoms with E-state index in [1.165, 1.54) is 6.08 Å². The second-order valence-electron chi connectivity index (χ2n) is 4.27. The third-order valence-corrected chi connectivity index (χ3v) is 5.71. The monoisotopic (exact) mass is 244 g/mol. The fourth-order valence-electron chi connectivity index (χ4n) is 1.85. The van der Waals surface area contributed by atoms with Gasteiger partial charge in [0.05, 0.1) is 11.3 Å². The first-order chi connectivity index (χ1) is 7.36. The summed E-state index contributed by atoms with van der Waals surface area (Å²) in [5.74, 6) is 0. The van der Waals surface area contributed by atoms with Gasteiger partial charge in [0.15, 0.2) is 14.7 Å². The molecule has 4 nitrogen and oxygen atoms in total. The fraction of sp³-hybridized carbons (Fsp3) is 0.636. The van der Waals surface area contributed by atoms with Gasteiger partial charge in [-0.1, -0.05) is 31.6 Å². The zero-order valence-electron chi connectivity index (χ0n) is 9.76. The van der Waals surface area contributed by atoms with E-state index in [9.17, 15) is 8.42 Å². The van der Waals surface area contributed by atoms with Crippen LogP contribution in [0.2, 0.25) is 0 Å². The van der Waals surface area contributed by atoms with Crippen LogP contribution in [-0.4, -0.2) is 24.6 Å². The van der Waals surface area contributed by atoms with Gasteiger partial charge in [0.2, 0.25) is 0 Å². The molecule has 5 heteroatoms. The lowest BCUT2D eigenvalue weighted by atomic mass is 10.0. The highest BCUT2D eigenvalue weighted by Gasteiger charge is 2.45. The average molecular weight is 244 g/mol. The maximum Gasteiger partial charge on any atom is 0.177 e. The molecule has 0 spiro atoms. The van der Waals surface area contributed by atoms with Crippen LogP contribution in [0, 0.1) is 0 Å². The Hall–Kier alpha value is -0.650. The number of rotatable bonds is 4. The summed E-state index contributed by atoms with van der Waals surface area (Å²) in [6.07, 6.45) is 7.88. The number of nitrogens with two attached hydrogens (primary N) is 2. The Bertz CT molecular complexity index is 400. The van der Waals surface area contributed by atoms with Crippen LogP contribution in [0.15, 0.2) is 24.3 Å². The molecule has 1 rings (SSSR count). The van der Waals surface area contributed by atoms with Gasteiger partial charge in [-0.05, 0) is 19.4 Å². The predicted octanol–water partition coefficient (Wildman–Crippen LogP) is 0.698. The van der Waals surface area contributed by atoms with Gasteiger partial charge in [-0.2, -0.15) is 0 Å². The first kappa shape index (κ1) is 13.4. The van der Waals surface area contributed by atoms with E-state index >= 15 is 0 Å². The van der Waals surface area contributed by atoms with Crippen molar-refractivity contribution < 1.29 is 8.42 Å². The summed E-state index contributed by atoms with van der Waals surface area (Å²) in [5, 5.41) is -0.468. The zero-order chi connectivity index (χ0) is 12.4. The van der Waals surface area contributed by atoms with E-state index in [0.717, 1.165) is 6.42 Å². The van der Waals surface area contributed by atoms with Gasteiger partial charge in [-0.3, -0.25) is 0 Å². The summed E-state index contributed by atoms with van der Waals surface area (Å²) < 4.78 is 24.6. The molecule has 0 radical (unpaired) electrons. The summed E-state index contributed by atoms with van der Waals surface area (Å²) in [6, 6.07) is -0.679. The van der Waals surface area contributed by atoms with Gasteiger partial charge < -0.3 is 11.5 Å². The van der Waals surface area contributed by atoms with Crippen molar-refractivity contribution in [3.05, 3.63) is 24.3 Å². The maximum absolute atomic E-state index is 12.3. The molecule has 0 amide bonds. The summed E-state index contributed by atoms with van der Waals surface area (Å²) in [5.41, 5.74) is 11.8. The van der Waals surface area contributed by atoms with E-state index in [4.69, 9.17) is 11.5 Å². The summed E-state index contributed by atoms with van der Waals surface area (Å²) >= 11 is 0. The van der Waals surface area contributed by atoms with Crippen LogP contribution in [0.1, 0.15) is 26.7 Å². The van der Waals surface area contributed by atoms with Gasteiger partial charge in [0.1, 0.15) is 0 Å². The van der Waals surface area contributed by atoms with Gasteiger partial charge in [-0.15, -0.1) is 0 Å². The van der Waals surface area contributed by atoms with Gasteiger partial charge in [0, 0.05) is 0 Å². The van der Waals surface area contributed by atoms with E-state index in [0.29, 0.717) is 6.42 Å². The van der Waals surface area contributed by atoms with Gasteiger partial charge in [-0.25, -0.2) is 8.42 Å². The Morgan fingerprint density at radius 3 is 2.56 bits per heavy atom. The predicted molar refractivity (Wildman–Crippen MR) is 66.5 cm³/mol. The van der Waals surface area contributed by atoms with Crippen molar-refractivity contribution in [3.8, 4) is 0 Å². The quantitative estimate of drug-likeness (QED) is 0.762. The molecule has 0 bridgehead atoms. The molecule has 92 valence electrons. The van der Waals surface area contributed by atoms with Crippen LogP contribution in [0.25, 0.3) is 0 Å². The minimum atomic E-state index is -3.46. The van der Waals surface area contributed by atoms with Crippen molar-refractivity contribution >= 4 is 9.84 Å². The number of allylic oxidation sites excluding steroid dienone is 2. The molecular weight excluding hydrogens is 224 g/mol. The van der Waals surface area contributed by atoms with Crippen LogP contribution in [0.5, 0.6) is 0 Å². The van der Waals surface area contributed by atoms with Crippen LogP contribution in [-0.2, 0) is 9.84 Å². The highest BCUT2D eigenvalue weighted by molar-refractivity contribution is 7.93. The van der Waals surface area contributed by atoms with Crippen molar-refractivity contribution in [3.63, 3.8) is 0 Å². The van der Waals surface area contributed by atoms with Crippen LogP contribution < -0.4 is 11.5 Å². The van der Waals surface area contributed by atoms with Gasteiger partial charge in [0.25, 0.3) is 0 Å². The third kappa shape index (κ3) is 2.07. The van der Waals surface area contributed by atoms with E-state index in [2.05, 4.69) is 0 Å². The lowest BCUT2D eigenvalue weighted by molar-refractivity contribution is 0.516. The Labute approximate surface area is 97.3 Å². The average Bonchev–Trinajstić information content (AvgIpc) is 2.22. The minimum absolute atomic E-state index is 0.468. The third-order valence-electron chi connectivity index (χ3n) is 3.02. The molecule has 1 aliphatic rings. The molecular formula is C11H20N2O2S. The number of hydrogen-bond acceptors (Lipinski definition) is 4. The smallest absolute Gasteiger partial charge is 0.177 e. The lowest BCUT2D eigenvalue weighted by Crippen LogP contribution is -2.61. The molecule has 3 unspecified atom stereocenters. The second kappa shape index (κ2) is 4.69. The fourth-order valence-corrected chi connectivity index (χ4v) is 3.82. The van der Waals surface area contributed by atoms with E-state index in [-0.39, 0.29) is 0 Å². The molecule has 0 aromatic carbocycles. The van der Waals surface area contributed by atoms with Crippen molar-refractivity contribution in [1.82, 2.24) is 0 Å². The summed E-state index contributed by atoms with van der Waals surface area (Å²) in [7, 11) is -3.46. The molecule has 0 fully saturated rings. The van der Waals surface area contributed by atoms with Crippen molar-refractivity contribution in [1.29, 1.82) is 0 Å². The topological polar surface area (TPSA) is 86.2 Å². The van der Waals surface area contributed by atoms with Crippen LogP contribution >= 0.6 is 0 Å².